The molecule has 1 saturated heterocycles. The summed E-state index contributed by atoms with van der Waals surface area (Å²) in [6.45, 7) is 7.88. The Bertz CT molecular complexity index is 1310. The molecule has 34 heavy (non-hydrogen) atoms. The molecule has 0 bridgehead atoms. The van der Waals surface area contributed by atoms with Crippen molar-refractivity contribution in [2.24, 2.45) is 5.92 Å². The number of rotatable bonds is 4. The second kappa shape index (κ2) is 9.30. The Labute approximate surface area is 210 Å². The van der Waals surface area contributed by atoms with Gasteiger partial charge in [0.15, 0.2) is 11.3 Å². The van der Waals surface area contributed by atoms with Crippen molar-refractivity contribution < 1.29 is 0 Å². The lowest BCUT2D eigenvalue weighted by Gasteiger charge is -2.38. The fourth-order valence-electron chi connectivity index (χ4n) is 5.56. The highest BCUT2D eigenvalue weighted by molar-refractivity contribution is 6.35. The monoisotopic (exact) mass is 494 g/mol. The number of aromatic nitrogens is 4. The number of nitriles is 1. The fraction of sp³-hybridized carbons (Fsp3) is 0.462. The molecule has 8 heteroatoms. The third kappa shape index (κ3) is 4.11. The van der Waals surface area contributed by atoms with Gasteiger partial charge in [-0.15, -0.1) is 0 Å². The van der Waals surface area contributed by atoms with Crippen LogP contribution in [0.5, 0.6) is 0 Å². The molecule has 0 spiro atoms. The van der Waals surface area contributed by atoms with E-state index in [0.717, 1.165) is 24.1 Å². The summed E-state index contributed by atoms with van der Waals surface area (Å²) in [4.78, 5) is 12.3. The van der Waals surface area contributed by atoms with Crippen LogP contribution in [-0.4, -0.2) is 43.3 Å². The van der Waals surface area contributed by atoms with Crippen molar-refractivity contribution in [3.8, 4) is 6.07 Å². The predicted molar refractivity (Wildman–Crippen MR) is 136 cm³/mol. The molecule has 1 aliphatic carbocycles. The molecule has 1 fully saturated rings. The van der Waals surface area contributed by atoms with Crippen LogP contribution < -0.4 is 0 Å². The smallest absolute Gasteiger partial charge is 0.190 e. The van der Waals surface area contributed by atoms with Crippen LogP contribution in [0, 0.1) is 17.2 Å². The van der Waals surface area contributed by atoms with Gasteiger partial charge in [0.05, 0.1) is 17.9 Å². The molecule has 1 aliphatic heterocycles. The van der Waals surface area contributed by atoms with Gasteiger partial charge in [-0.1, -0.05) is 42.3 Å². The number of hydrogen-bond donors (Lipinski definition) is 0. The van der Waals surface area contributed by atoms with Crippen molar-refractivity contribution in [2.75, 3.05) is 6.54 Å². The average Bonchev–Trinajstić information content (AvgIpc) is 3.41. The first-order valence-corrected chi connectivity index (χ1v) is 12.7. The van der Waals surface area contributed by atoms with Crippen LogP contribution in [0.25, 0.3) is 16.7 Å². The Morgan fingerprint density at radius 3 is 2.74 bits per heavy atom. The molecule has 0 saturated carbocycles. The minimum atomic E-state index is -0.237. The molecule has 5 rings (SSSR count). The lowest BCUT2D eigenvalue weighted by Crippen LogP contribution is -2.42. The molecule has 2 aromatic heterocycles. The van der Waals surface area contributed by atoms with E-state index >= 15 is 0 Å². The number of hydrogen-bond acceptors (Lipinski definition) is 5. The maximum Gasteiger partial charge on any atom is 0.190 e. The summed E-state index contributed by atoms with van der Waals surface area (Å²) in [7, 11) is 0. The van der Waals surface area contributed by atoms with E-state index in [1.54, 1.807) is 23.0 Å². The molecule has 0 N–H and O–H groups in total. The standard InChI is InChI=1S/C26H28Cl2N6/c1-15-11-18(6-9-24(15)33-10-4-5-16(33)2)23-14-30-25-22(13-29)32-34(26(25)31-23)17(3)20-8-7-19(27)12-21(20)28/h6-8,12,14-17,24H,4-5,9-11H2,1-3H3/t15-,16-,17?,24+/m1/s1. The number of benzene rings is 1. The number of allylic oxidation sites excluding steroid dienone is 1. The van der Waals surface area contributed by atoms with E-state index < -0.39 is 0 Å². The van der Waals surface area contributed by atoms with Crippen LogP contribution in [0.1, 0.15) is 69.4 Å². The molecule has 0 amide bonds. The van der Waals surface area contributed by atoms with Crippen molar-refractivity contribution in [3.63, 3.8) is 0 Å². The Balaban J connectivity index is 1.51. The summed E-state index contributed by atoms with van der Waals surface area (Å²) in [5.74, 6) is 0.546. The summed E-state index contributed by atoms with van der Waals surface area (Å²) in [6.07, 6.45) is 8.70. The van der Waals surface area contributed by atoms with Gasteiger partial charge >= 0.3 is 0 Å². The summed E-state index contributed by atoms with van der Waals surface area (Å²) < 4.78 is 1.75. The Kier molecular flexibility index (Phi) is 6.37. The van der Waals surface area contributed by atoms with E-state index in [9.17, 15) is 5.26 Å². The molecular weight excluding hydrogens is 467 g/mol. The largest absolute Gasteiger partial charge is 0.297 e. The van der Waals surface area contributed by atoms with Crippen LogP contribution in [0.4, 0.5) is 0 Å². The Hall–Kier alpha value is -2.46. The van der Waals surface area contributed by atoms with Crippen molar-refractivity contribution in [1.29, 1.82) is 5.26 Å². The second-order valence-electron chi connectivity index (χ2n) is 9.62. The molecule has 1 aromatic carbocycles. The lowest BCUT2D eigenvalue weighted by atomic mass is 9.83. The number of halogens is 2. The van der Waals surface area contributed by atoms with Gasteiger partial charge in [0.2, 0.25) is 0 Å². The van der Waals surface area contributed by atoms with Crippen molar-refractivity contribution in [3.05, 3.63) is 57.5 Å². The molecule has 176 valence electrons. The minimum Gasteiger partial charge on any atom is -0.297 e. The topological polar surface area (TPSA) is 70.6 Å². The highest BCUT2D eigenvalue weighted by Gasteiger charge is 2.33. The molecule has 4 atom stereocenters. The van der Waals surface area contributed by atoms with Crippen LogP contribution in [0.3, 0.4) is 0 Å². The van der Waals surface area contributed by atoms with Gasteiger partial charge in [0, 0.05) is 22.1 Å². The van der Waals surface area contributed by atoms with E-state index in [-0.39, 0.29) is 11.7 Å². The van der Waals surface area contributed by atoms with Gasteiger partial charge in [-0.3, -0.25) is 4.90 Å². The van der Waals surface area contributed by atoms with E-state index in [4.69, 9.17) is 28.2 Å². The van der Waals surface area contributed by atoms with Gasteiger partial charge < -0.3 is 0 Å². The maximum absolute atomic E-state index is 9.65. The summed E-state index contributed by atoms with van der Waals surface area (Å²) in [5, 5.41) is 15.3. The van der Waals surface area contributed by atoms with Gasteiger partial charge in [0.25, 0.3) is 0 Å². The second-order valence-corrected chi connectivity index (χ2v) is 10.5. The molecule has 2 aliphatic rings. The third-order valence-electron chi connectivity index (χ3n) is 7.45. The first-order valence-electron chi connectivity index (χ1n) is 11.9. The number of fused-ring (bicyclic) bond motifs is 1. The van der Waals surface area contributed by atoms with Gasteiger partial charge in [0.1, 0.15) is 11.6 Å². The van der Waals surface area contributed by atoms with E-state index in [2.05, 4.69) is 41.0 Å². The number of nitrogens with zero attached hydrogens (tertiary/aromatic N) is 6. The first kappa shape index (κ1) is 23.3. The van der Waals surface area contributed by atoms with Crippen molar-refractivity contribution in [1.82, 2.24) is 24.6 Å². The van der Waals surface area contributed by atoms with Crippen LogP contribution >= 0.6 is 23.2 Å². The SMILES string of the molecule is CC(c1ccc(Cl)cc1Cl)n1nc(C#N)c2ncc(C3=CC[C@H](N4CCC[C@H]4C)[C@H](C)C3)nc21. The molecule has 6 nitrogen and oxygen atoms in total. The van der Waals surface area contributed by atoms with Gasteiger partial charge in [-0.05, 0) is 75.3 Å². The zero-order chi connectivity index (χ0) is 24.0. The van der Waals surface area contributed by atoms with E-state index in [1.807, 2.05) is 13.0 Å². The number of likely N-dealkylation sites (tertiary alicyclic amines) is 1. The molecule has 0 radical (unpaired) electrons. The third-order valence-corrected chi connectivity index (χ3v) is 8.01. The lowest BCUT2D eigenvalue weighted by molar-refractivity contribution is 0.140. The Morgan fingerprint density at radius 2 is 2.06 bits per heavy atom. The predicted octanol–water partition coefficient (Wildman–Crippen LogP) is 6.28. The average molecular weight is 495 g/mol. The minimum absolute atomic E-state index is 0.237. The summed E-state index contributed by atoms with van der Waals surface area (Å²) >= 11 is 12.6. The van der Waals surface area contributed by atoms with E-state index in [1.165, 1.54) is 25.0 Å². The molecule has 3 aromatic rings. The summed E-state index contributed by atoms with van der Waals surface area (Å²) in [5.41, 5.74) is 4.30. The quantitative estimate of drug-likeness (QED) is 0.426. The summed E-state index contributed by atoms with van der Waals surface area (Å²) in [6, 6.07) is 8.58. The van der Waals surface area contributed by atoms with Gasteiger partial charge in [-0.2, -0.15) is 10.4 Å². The Morgan fingerprint density at radius 1 is 1.24 bits per heavy atom. The molecular formula is C26H28Cl2N6. The molecule has 1 unspecified atom stereocenters. The van der Waals surface area contributed by atoms with Crippen LogP contribution in [-0.2, 0) is 0 Å². The maximum atomic E-state index is 9.65. The zero-order valence-corrected chi connectivity index (χ0v) is 21.2. The van der Waals surface area contributed by atoms with Crippen molar-refractivity contribution in [2.45, 2.75) is 64.6 Å². The van der Waals surface area contributed by atoms with Crippen molar-refractivity contribution >= 4 is 39.9 Å². The van der Waals surface area contributed by atoms with E-state index in [0.29, 0.717) is 39.2 Å². The van der Waals surface area contributed by atoms with Gasteiger partial charge in [-0.25, -0.2) is 14.6 Å². The normalized spacial score (nSPS) is 24.2. The van der Waals surface area contributed by atoms with Crippen LogP contribution in [0.2, 0.25) is 10.0 Å². The highest BCUT2D eigenvalue weighted by Crippen LogP contribution is 2.36. The van der Waals surface area contributed by atoms with Crippen LogP contribution in [0.15, 0.2) is 30.5 Å². The fourth-order valence-corrected chi connectivity index (χ4v) is 6.13. The molecule has 3 heterocycles. The first-order chi connectivity index (χ1) is 16.4. The highest BCUT2D eigenvalue weighted by atomic mass is 35.5. The zero-order valence-electron chi connectivity index (χ0n) is 19.7.